The molecule has 0 atom stereocenters. The third kappa shape index (κ3) is 1.52. The Morgan fingerprint density at radius 3 is 2.62 bits per heavy atom. The van der Waals surface area contributed by atoms with Gasteiger partial charge in [-0.05, 0) is 39.5 Å². The molecule has 2 N–H and O–H groups in total. The van der Waals surface area contributed by atoms with Gasteiger partial charge in [-0.1, -0.05) is 23.7 Å². The molecule has 0 aliphatic rings. The average molecular weight is 257 g/mol. The van der Waals surface area contributed by atoms with Crippen LogP contribution in [-0.4, -0.2) is 0 Å². The van der Waals surface area contributed by atoms with Crippen molar-refractivity contribution in [3.05, 3.63) is 39.8 Å². The van der Waals surface area contributed by atoms with E-state index >= 15 is 0 Å². The molecule has 13 heavy (non-hydrogen) atoms. The molecule has 0 heterocycles. The van der Waals surface area contributed by atoms with Crippen molar-refractivity contribution in [1.82, 2.24) is 0 Å². The van der Waals surface area contributed by atoms with Gasteiger partial charge in [0.2, 0.25) is 0 Å². The van der Waals surface area contributed by atoms with Crippen LogP contribution in [-0.2, 0) is 0 Å². The summed E-state index contributed by atoms with van der Waals surface area (Å²) < 4.78 is 0.905. The summed E-state index contributed by atoms with van der Waals surface area (Å²) in [4.78, 5) is 0. The fourth-order valence-electron chi connectivity index (χ4n) is 1.29. The zero-order chi connectivity index (χ0) is 9.42. The standard InChI is InChI=1S/C10H7BrClN/c11-9-4-2-6-1-3-7(12)5-8(6)10(9)13/h1-5H,13H2. The normalized spacial score (nSPS) is 10.6. The summed E-state index contributed by atoms with van der Waals surface area (Å²) in [6.07, 6.45) is 0. The van der Waals surface area contributed by atoms with E-state index in [4.69, 9.17) is 17.3 Å². The minimum absolute atomic E-state index is 0.706. The van der Waals surface area contributed by atoms with Crippen LogP contribution >= 0.6 is 27.5 Å². The topological polar surface area (TPSA) is 26.0 Å². The van der Waals surface area contributed by atoms with Gasteiger partial charge in [-0.25, -0.2) is 0 Å². The lowest BCUT2D eigenvalue weighted by atomic mass is 10.1. The molecule has 2 aromatic rings. The molecule has 0 spiro atoms. The van der Waals surface area contributed by atoms with Gasteiger partial charge < -0.3 is 5.73 Å². The van der Waals surface area contributed by atoms with Crippen LogP contribution in [0.1, 0.15) is 0 Å². The minimum Gasteiger partial charge on any atom is -0.397 e. The molecule has 2 aromatic carbocycles. The van der Waals surface area contributed by atoms with Crippen molar-refractivity contribution in [2.45, 2.75) is 0 Å². The van der Waals surface area contributed by atoms with E-state index in [1.165, 1.54) is 0 Å². The summed E-state index contributed by atoms with van der Waals surface area (Å²) in [5, 5.41) is 2.80. The molecule has 1 nitrogen and oxygen atoms in total. The summed E-state index contributed by atoms with van der Waals surface area (Å²) in [5.74, 6) is 0. The van der Waals surface area contributed by atoms with E-state index in [0.29, 0.717) is 5.02 Å². The van der Waals surface area contributed by atoms with Crippen molar-refractivity contribution in [3.63, 3.8) is 0 Å². The number of nitrogen functional groups attached to an aromatic ring is 1. The van der Waals surface area contributed by atoms with Gasteiger partial charge >= 0.3 is 0 Å². The Balaban J connectivity index is 2.89. The number of hydrogen-bond acceptors (Lipinski definition) is 1. The minimum atomic E-state index is 0.706. The lowest BCUT2D eigenvalue weighted by Crippen LogP contribution is -1.88. The van der Waals surface area contributed by atoms with Gasteiger partial charge in [0.15, 0.2) is 0 Å². The van der Waals surface area contributed by atoms with Gasteiger partial charge in [0, 0.05) is 14.9 Å². The SMILES string of the molecule is Nc1c(Br)ccc2ccc(Cl)cc12. The number of halogens is 2. The first kappa shape index (κ1) is 8.85. The highest BCUT2D eigenvalue weighted by atomic mass is 79.9. The van der Waals surface area contributed by atoms with E-state index in [-0.39, 0.29) is 0 Å². The number of rotatable bonds is 0. The molecular formula is C10H7BrClN. The molecule has 0 amide bonds. The van der Waals surface area contributed by atoms with Crippen LogP contribution < -0.4 is 5.73 Å². The predicted octanol–water partition coefficient (Wildman–Crippen LogP) is 3.84. The molecule has 0 fully saturated rings. The molecule has 0 saturated heterocycles. The van der Waals surface area contributed by atoms with Gasteiger partial charge in [-0.15, -0.1) is 0 Å². The Kier molecular flexibility index (Phi) is 2.18. The second-order valence-electron chi connectivity index (χ2n) is 2.83. The number of hydrogen-bond donors (Lipinski definition) is 1. The van der Waals surface area contributed by atoms with Gasteiger partial charge in [-0.3, -0.25) is 0 Å². The van der Waals surface area contributed by atoms with Crippen molar-refractivity contribution in [2.24, 2.45) is 0 Å². The monoisotopic (exact) mass is 255 g/mol. The third-order valence-electron chi connectivity index (χ3n) is 1.97. The molecule has 0 aliphatic heterocycles. The lowest BCUT2D eigenvalue weighted by Gasteiger charge is -2.04. The maximum atomic E-state index is 5.88. The third-order valence-corrected chi connectivity index (χ3v) is 2.90. The van der Waals surface area contributed by atoms with E-state index < -0.39 is 0 Å². The van der Waals surface area contributed by atoms with E-state index in [1.54, 1.807) is 0 Å². The van der Waals surface area contributed by atoms with Gasteiger partial charge in [0.25, 0.3) is 0 Å². The average Bonchev–Trinajstić information content (AvgIpc) is 2.12. The molecule has 0 aromatic heterocycles. The maximum absolute atomic E-state index is 5.88. The van der Waals surface area contributed by atoms with Gasteiger partial charge in [-0.2, -0.15) is 0 Å². The molecule has 0 bridgehead atoms. The highest BCUT2D eigenvalue weighted by Gasteiger charge is 2.01. The molecule has 0 radical (unpaired) electrons. The summed E-state index contributed by atoms with van der Waals surface area (Å²) >= 11 is 9.24. The summed E-state index contributed by atoms with van der Waals surface area (Å²) in [7, 11) is 0. The maximum Gasteiger partial charge on any atom is 0.0538 e. The first-order valence-corrected chi connectivity index (χ1v) is 4.99. The largest absolute Gasteiger partial charge is 0.397 e. The van der Waals surface area contributed by atoms with Gasteiger partial charge in [0.05, 0.1) is 5.69 Å². The highest BCUT2D eigenvalue weighted by Crippen LogP contribution is 2.30. The Morgan fingerprint density at radius 1 is 1.15 bits per heavy atom. The van der Waals surface area contributed by atoms with E-state index in [9.17, 15) is 0 Å². The van der Waals surface area contributed by atoms with E-state index in [1.807, 2.05) is 30.3 Å². The second-order valence-corrected chi connectivity index (χ2v) is 4.12. The first-order chi connectivity index (χ1) is 6.18. The summed E-state index contributed by atoms with van der Waals surface area (Å²) in [6.45, 7) is 0. The molecule has 0 saturated carbocycles. The predicted molar refractivity (Wildman–Crippen MR) is 61.1 cm³/mol. The smallest absolute Gasteiger partial charge is 0.0538 e. The summed E-state index contributed by atoms with van der Waals surface area (Å²) in [5.41, 5.74) is 6.62. The molecule has 2 rings (SSSR count). The van der Waals surface area contributed by atoms with E-state index in [2.05, 4.69) is 15.9 Å². The van der Waals surface area contributed by atoms with Crippen molar-refractivity contribution >= 4 is 44.0 Å². The molecule has 66 valence electrons. The number of fused-ring (bicyclic) bond motifs is 1. The van der Waals surface area contributed by atoms with Crippen molar-refractivity contribution in [2.75, 3.05) is 5.73 Å². The van der Waals surface area contributed by atoms with Crippen LogP contribution in [0.3, 0.4) is 0 Å². The fourth-order valence-corrected chi connectivity index (χ4v) is 1.81. The number of anilines is 1. The fraction of sp³-hybridized carbons (Fsp3) is 0. The highest BCUT2D eigenvalue weighted by molar-refractivity contribution is 9.10. The van der Waals surface area contributed by atoms with Gasteiger partial charge in [0.1, 0.15) is 0 Å². The Hall–Kier alpha value is -0.730. The first-order valence-electron chi connectivity index (χ1n) is 3.82. The van der Waals surface area contributed by atoms with Crippen LogP contribution in [0.15, 0.2) is 34.8 Å². The van der Waals surface area contributed by atoms with Crippen LogP contribution in [0.5, 0.6) is 0 Å². The summed E-state index contributed by atoms with van der Waals surface area (Å²) in [6, 6.07) is 9.63. The Morgan fingerprint density at radius 2 is 1.85 bits per heavy atom. The van der Waals surface area contributed by atoms with Crippen LogP contribution in [0.25, 0.3) is 10.8 Å². The van der Waals surface area contributed by atoms with Crippen molar-refractivity contribution in [1.29, 1.82) is 0 Å². The molecule has 0 aliphatic carbocycles. The number of benzene rings is 2. The molecular weight excluding hydrogens is 249 g/mol. The zero-order valence-electron chi connectivity index (χ0n) is 6.72. The van der Waals surface area contributed by atoms with Crippen molar-refractivity contribution in [3.8, 4) is 0 Å². The molecule has 3 heteroatoms. The van der Waals surface area contributed by atoms with E-state index in [0.717, 1.165) is 20.9 Å². The van der Waals surface area contributed by atoms with Crippen LogP contribution in [0.2, 0.25) is 5.02 Å². The van der Waals surface area contributed by atoms with Crippen molar-refractivity contribution < 1.29 is 0 Å². The Labute approximate surface area is 89.6 Å². The lowest BCUT2D eigenvalue weighted by molar-refractivity contribution is 1.68. The number of nitrogens with two attached hydrogens (primary N) is 1. The quantitative estimate of drug-likeness (QED) is 0.712. The molecule has 0 unspecified atom stereocenters. The zero-order valence-corrected chi connectivity index (χ0v) is 9.06. The van der Waals surface area contributed by atoms with Crippen LogP contribution in [0.4, 0.5) is 5.69 Å². The van der Waals surface area contributed by atoms with Crippen LogP contribution in [0, 0.1) is 0 Å². The second kappa shape index (κ2) is 3.20. The Bertz CT molecular complexity index is 462.